The van der Waals surface area contributed by atoms with Crippen LogP contribution in [-0.4, -0.2) is 43.0 Å². The third-order valence-electron chi connectivity index (χ3n) is 9.44. The van der Waals surface area contributed by atoms with E-state index in [2.05, 4.69) is 48.2 Å². The third kappa shape index (κ3) is 3.05. The lowest BCUT2D eigenvalue weighted by atomic mass is 9.73. The molecular formula is C31H34N2O3. The molecule has 2 heterocycles. The molecule has 0 saturated carbocycles. The Hall–Kier alpha value is -3.18. The number of piperidine rings is 1. The van der Waals surface area contributed by atoms with Crippen molar-refractivity contribution >= 4 is 28.3 Å². The molecule has 186 valence electrons. The number of para-hydroxylation sites is 1. The van der Waals surface area contributed by atoms with Gasteiger partial charge >= 0.3 is 5.97 Å². The summed E-state index contributed by atoms with van der Waals surface area (Å²) in [5, 5.41) is 2.74. The number of rotatable bonds is 4. The summed E-state index contributed by atoms with van der Waals surface area (Å²) in [6.07, 6.45) is 2.84. The van der Waals surface area contributed by atoms with Crippen LogP contribution < -0.4 is 4.90 Å². The highest BCUT2D eigenvalue weighted by Crippen LogP contribution is 2.49. The summed E-state index contributed by atoms with van der Waals surface area (Å²) in [6.45, 7) is 7.96. The topological polar surface area (TPSA) is 49.9 Å². The summed E-state index contributed by atoms with van der Waals surface area (Å²) >= 11 is 0. The minimum Gasteiger partial charge on any atom is -0.469 e. The van der Waals surface area contributed by atoms with Crippen molar-refractivity contribution < 1.29 is 14.3 Å². The summed E-state index contributed by atoms with van der Waals surface area (Å²) in [5.74, 6) is -0.887. The van der Waals surface area contributed by atoms with Crippen molar-refractivity contribution in [3.05, 3.63) is 77.4 Å². The second-order valence-electron chi connectivity index (χ2n) is 11.1. The number of hydrogen-bond acceptors (Lipinski definition) is 4. The van der Waals surface area contributed by atoms with Crippen LogP contribution in [0.1, 0.15) is 50.3 Å². The highest BCUT2D eigenvalue weighted by atomic mass is 16.5. The number of methoxy groups -OCH3 is 1. The van der Waals surface area contributed by atoms with E-state index in [1.54, 1.807) is 0 Å². The fraction of sp³-hybridized carbons (Fsp3) is 0.419. The predicted octanol–water partition coefficient (Wildman–Crippen LogP) is 5.19. The molecule has 0 radical (unpaired) electrons. The molecule has 5 heteroatoms. The van der Waals surface area contributed by atoms with Gasteiger partial charge in [-0.25, -0.2) is 0 Å². The van der Waals surface area contributed by atoms with Crippen LogP contribution in [0.15, 0.2) is 60.7 Å². The molecule has 0 bridgehead atoms. The minimum atomic E-state index is -0.921. The summed E-state index contributed by atoms with van der Waals surface area (Å²) < 4.78 is 5.05. The fourth-order valence-electron chi connectivity index (χ4n) is 7.17. The maximum atomic E-state index is 14.0. The van der Waals surface area contributed by atoms with E-state index in [1.165, 1.54) is 29.0 Å². The van der Waals surface area contributed by atoms with Crippen molar-refractivity contribution in [2.75, 3.05) is 25.1 Å². The molecule has 3 unspecified atom stereocenters. The molecule has 0 aromatic heterocycles. The molecule has 0 N–H and O–H groups in total. The molecule has 3 aromatic carbocycles. The molecule has 1 aliphatic carbocycles. The lowest BCUT2D eigenvalue weighted by molar-refractivity contribution is -0.149. The summed E-state index contributed by atoms with van der Waals surface area (Å²) in [6, 6.07) is 21.4. The Balaban J connectivity index is 1.27. The van der Waals surface area contributed by atoms with Crippen molar-refractivity contribution in [3.63, 3.8) is 0 Å². The zero-order valence-electron chi connectivity index (χ0n) is 21.6. The standard InChI is InChI=1S/C31H34N2O3/c1-20(28(34)36-4)31(3)24-12-5-6-14-26(24)33(29(31)35)23-15-17-32(18-16-23)30(2)19-22-11-7-9-21-10-8-13-25(30)27(21)22/h5-14,20,23H,15-19H2,1-4H3. The largest absolute Gasteiger partial charge is 0.469 e. The third-order valence-corrected chi connectivity index (χ3v) is 9.44. The molecule has 3 aromatic rings. The van der Waals surface area contributed by atoms with Crippen LogP contribution in [0.3, 0.4) is 0 Å². The van der Waals surface area contributed by atoms with E-state index in [0.717, 1.165) is 43.6 Å². The van der Waals surface area contributed by atoms with Gasteiger partial charge < -0.3 is 9.64 Å². The van der Waals surface area contributed by atoms with Gasteiger partial charge in [0.2, 0.25) is 5.91 Å². The number of ether oxygens (including phenoxy) is 1. The van der Waals surface area contributed by atoms with E-state index in [9.17, 15) is 9.59 Å². The van der Waals surface area contributed by atoms with Crippen LogP contribution >= 0.6 is 0 Å². The monoisotopic (exact) mass is 482 g/mol. The van der Waals surface area contributed by atoms with Gasteiger partial charge in [0.1, 0.15) is 0 Å². The molecule has 3 aliphatic rings. The first kappa shape index (κ1) is 23.2. The van der Waals surface area contributed by atoms with Crippen molar-refractivity contribution in [1.82, 2.24) is 4.90 Å². The molecule has 1 saturated heterocycles. The number of benzene rings is 3. The number of carbonyl (C=O) groups is 2. The van der Waals surface area contributed by atoms with Gasteiger partial charge in [0, 0.05) is 30.4 Å². The minimum absolute atomic E-state index is 0.0179. The summed E-state index contributed by atoms with van der Waals surface area (Å²) in [4.78, 5) is 31.2. The molecule has 6 rings (SSSR count). The average Bonchev–Trinajstić information content (AvgIpc) is 3.34. The van der Waals surface area contributed by atoms with Crippen LogP contribution in [0, 0.1) is 5.92 Å². The van der Waals surface area contributed by atoms with Crippen LogP contribution in [0.2, 0.25) is 0 Å². The molecule has 0 spiro atoms. The SMILES string of the molecule is COC(=O)C(C)C1(C)C(=O)N(C2CCN(C3(C)Cc4cccc5cccc3c45)CC2)c2ccccc21. The van der Waals surface area contributed by atoms with Gasteiger partial charge in [0.25, 0.3) is 0 Å². The first-order valence-electron chi connectivity index (χ1n) is 13.1. The van der Waals surface area contributed by atoms with Crippen molar-refractivity contribution in [2.24, 2.45) is 5.92 Å². The second kappa shape index (κ2) is 8.17. The number of esters is 1. The Morgan fingerprint density at radius 2 is 1.64 bits per heavy atom. The van der Waals surface area contributed by atoms with E-state index in [0.29, 0.717) is 0 Å². The molecule has 1 amide bonds. The highest BCUT2D eigenvalue weighted by molar-refractivity contribution is 6.10. The molecule has 5 nitrogen and oxygen atoms in total. The number of likely N-dealkylation sites (tertiary alicyclic amines) is 1. The maximum absolute atomic E-state index is 14.0. The van der Waals surface area contributed by atoms with Gasteiger partial charge in [-0.1, -0.05) is 61.5 Å². The van der Waals surface area contributed by atoms with Crippen LogP contribution in [0.5, 0.6) is 0 Å². The number of carbonyl (C=O) groups excluding carboxylic acids is 2. The summed E-state index contributed by atoms with van der Waals surface area (Å²) in [5.41, 5.74) is 3.79. The molecule has 3 atom stereocenters. The Bertz CT molecular complexity index is 1370. The lowest BCUT2D eigenvalue weighted by Gasteiger charge is -2.45. The molecule has 1 fully saturated rings. The quantitative estimate of drug-likeness (QED) is 0.480. The van der Waals surface area contributed by atoms with Gasteiger partial charge in [-0.2, -0.15) is 0 Å². The Morgan fingerprint density at radius 3 is 2.36 bits per heavy atom. The Labute approximate surface area is 213 Å². The molecular weight excluding hydrogens is 448 g/mol. The van der Waals surface area contributed by atoms with Crippen LogP contribution in [0.4, 0.5) is 5.69 Å². The van der Waals surface area contributed by atoms with E-state index >= 15 is 0 Å². The number of amides is 1. The first-order valence-corrected chi connectivity index (χ1v) is 13.1. The predicted molar refractivity (Wildman–Crippen MR) is 142 cm³/mol. The van der Waals surface area contributed by atoms with Gasteiger partial charge in [0.15, 0.2) is 0 Å². The fourth-order valence-corrected chi connectivity index (χ4v) is 7.17. The van der Waals surface area contributed by atoms with Crippen LogP contribution in [0.25, 0.3) is 10.8 Å². The molecule has 2 aliphatic heterocycles. The normalized spacial score (nSPS) is 26.9. The van der Waals surface area contributed by atoms with Crippen LogP contribution in [-0.2, 0) is 31.7 Å². The second-order valence-corrected chi connectivity index (χ2v) is 11.1. The zero-order chi connectivity index (χ0) is 25.2. The number of nitrogens with zero attached hydrogens (tertiary/aromatic N) is 2. The smallest absolute Gasteiger partial charge is 0.309 e. The Kier molecular flexibility index (Phi) is 5.27. The van der Waals surface area contributed by atoms with Crippen molar-refractivity contribution in [3.8, 4) is 0 Å². The first-order chi connectivity index (χ1) is 17.3. The van der Waals surface area contributed by atoms with Gasteiger partial charge in [-0.15, -0.1) is 0 Å². The highest BCUT2D eigenvalue weighted by Gasteiger charge is 2.55. The van der Waals surface area contributed by atoms with Gasteiger partial charge in [-0.05, 0) is 66.6 Å². The Morgan fingerprint density at radius 1 is 0.972 bits per heavy atom. The van der Waals surface area contributed by atoms with Gasteiger partial charge in [-0.3, -0.25) is 14.5 Å². The lowest BCUT2D eigenvalue weighted by Crippen LogP contribution is -2.54. The van der Waals surface area contributed by atoms with E-state index < -0.39 is 11.3 Å². The summed E-state index contributed by atoms with van der Waals surface area (Å²) in [7, 11) is 1.39. The van der Waals surface area contributed by atoms with E-state index in [1.807, 2.05) is 43.0 Å². The number of fused-ring (bicyclic) bond motifs is 1. The number of anilines is 1. The number of hydrogen-bond donors (Lipinski definition) is 0. The van der Waals surface area contributed by atoms with Crippen molar-refractivity contribution in [2.45, 2.75) is 57.0 Å². The maximum Gasteiger partial charge on any atom is 0.309 e. The zero-order valence-corrected chi connectivity index (χ0v) is 21.6. The van der Waals surface area contributed by atoms with E-state index in [-0.39, 0.29) is 23.5 Å². The van der Waals surface area contributed by atoms with E-state index in [4.69, 9.17) is 4.74 Å². The van der Waals surface area contributed by atoms with Crippen molar-refractivity contribution in [1.29, 1.82) is 0 Å². The van der Waals surface area contributed by atoms with Gasteiger partial charge in [0.05, 0.1) is 18.4 Å². The molecule has 36 heavy (non-hydrogen) atoms. The average molecular weight is 483 g/mol.